The second-order valence-electron chi connectivity index (χ2n) is 3.01. The molecule has 0 heterocycles. The predicted molar refractivity (Wildman–Crippen MR) is 46.0 cm³/mol. The topological polar surface area (TPSA) is 43.5 Å². The molecule has 0 aromatic rings. The van der Waals surface area contributed by atoms with E-state index in [1.165, 1.54) is 5.92 Å². The van der Waals surface area contributed by atoms with Crippen molar-refractivity contribution in [2.45, 2.75) is 39.7 Å². The Kier molecular flexibility index (Phi) is 11.3. The molecule has 1 radical (unpaired) electrons. The van der Waals surface area contributed by atoms with Gasteiger partial charge in [0.2, 0.25) is 0 Å². The minimum Gasteiger partial charge on any atom is -0.412 e. The van der Waals surface area contributed by atoms with Crippen molar-refractivity contribution in [3.05, 3.63) is 5.92 Å². The second-order valence-corrected chi connectivity index (χ2v) is 3.01. The van der Waals surface area contributed by atoms with Gasteiger partial charge in [0.05, 0.1) is 0 Å². The standard InChI is InChI=1S/C8H18N.Mn.H2O/c1-6-7(2)8(3,4)9-5;;/h9H,6H2,1-5H3;;1H2/q-1;;. The fourth-order valence-corrected chi connectivity index (χ4v) is 0.655. The minimum atomic E-state index is 0. The molecule has 0 bridgehead atoms. The molecule has 0 atom stereocenters. The molecule has 0 spiro atoms. The number of hydrogen-bond acceptors (Lipinski definition) is 1. The van der Waals surface area contributed by atoms with Crippen molar-refractivity contribution in [3.8, 4) is 0 Å². The third-order valence-electron chi connectivity index (χ3n) is 2.22. The van der Waals surface area contributed by atoms with Crippen LogP contribution in [0.15, 0.2) is 0 Å². The molecule has 0 rings (SSSR count). The van der Waals surface area contributed by atoms with Crippen molar-refractivity contribution < 1.29 is 22.5 Å². The summed E-state index contributed by atoms with van der Waals surface area (Å²) in [6.07, 6.45) is 1.16. The van der Waals surface area contributed by atoms with Gasteiger partial charge in [-0.1, -0.05) is 20.8 Å². The monoisotopic (exact) mass is 201 g/mol. The van der Waals surface area contributed by atoms with Crippen LogP contribution in [0.4, 0.5) is 0 Å². The maximum atomic E-state index is 3.25. The van der Waals surface area contributed by atoms with Crippen LogP contribution in [0.2, 0.25) is 0 Å². The molecule has 2 nitrogen and oxygen atoms in total. The molecule has 0 aliphatic heterocycles. The van der Waals surface area contributed by atoms with E-state index in [4.69, 9.17) is 0 Å². The van der Waals surface area contributed by atoms with Crippen LogP contribution in [-0.2, 0) is 17.1 Å². The van der Waals surface area contributed by atoms with Crippen molar-refractivity contribution in [1.82, 2.24) is 5.32 Å². The molecular formula is C8H20MnNO-. The van der Waals surface area contributed by atoms with Crippen molar-refractivity contribution in [3.63, 3.8) is 0 Å². The zero-order valence-electron chi connectivity index (χ0n) is 8.09. The van der Waals surface area contributed by atoms with Gasteiger partial charge in [0.1, 0.15) is 0 Å². The van der Waals surface area contributed by atoms with E-state index in [1.807, 2.05) is 7.05 Å². The molecule has 3 heteroatoms. The van der Waals surface area contributed by atoms with Crippen molar-refractivity contribution in [2.24, 2.45) is 0 Å². The molecule has 3 N–H and O–H groups in total. The summed E-state index contributed by atoms with van der Waals surface area (Å²) in [6, 6.07) is 0. The first-order valence-electron chi connectivity index (χ1n) is 3.56. The molecule has 0 saturated heterocycles. The molecule has 0 fully saturated rings. The van der Waals surface area contributed by atoms with Crippen LogP contribution in [0, 0.1) is 5.92 Å². The van der Waals surface area contributed by atoms with E-state index in [-0.39, 0.29) is 28.1 Å². The Labute approximate surface area is 80.9 Å². The maximum Gasteiger partial charge on any atom is 0 e. The zero-order valence-corrected chi connectivity index (χ0v) is 9.27. The van der Waals surface area contributed by atoms with E-state index in [0.717, 1.165) is 6.42 Å². The van der Waals surface area contributed by atoms with Gasteiger partial charge in [-0.05, 0) is 7.05 Å². The summed E-state index contributed by atoms with van der Waals surface area (Å²) in [7, 11) is 2.00. The van der Waals surface area contributed by atoms with Gasteiger partial charge in [-0.15, -0.1) is 5.54 Å². The third kappa shape index (κ3) is 5.68. The van der Waals surface area contributed by atoms with Gasteiger partial charge in [-0.25, -0.2) is 0 Å². The van der Waals surface area contributed by atoms with Gasteiger partial charge in [-0.2, -0.15) is 13.3 Å². The van der Waals surface area contributed by atoms with E-state index in [0.29, 0.717) is 0 Å². The Hall–Kier alpha value is 0.439. The second kappa shape index (κ2) is 7.11. The van der Waals surface area contributed by atoms with Gasteiger partial charge in [0, 0.05) is 17.1 Å². The minimum absolute atomic E-state index is 0. The van der Waals surface area contributed by atoms with Gasteiger partial charge in [-0.3, -0.25) is 5.92 Å². The molecule has 0 aliphatic rings. The molecule has 0 aromatic heterocycles. The van der Waals surface area contributed by atoms with Crippen molar-refractivity contribution in [2.75, 3.05) is 7.05 Å². The van der Waals surface area contributed by atoms with Crippen LogP contribution >= 0.6 is 0 Å². The van der Waals surface area contributed by atoms with Gasteiger partial charge >= 0.3 is 0 Å². The van der Waals surface area contributed by atoms with Crippen molar-refractivity contribution in [1.29, 1.82) is 0 Å². The summed E-state index contributed by atoms with van der Waals surface area (Å²) in [6.45, 7) is 8.78. The van der Waals surface area contributed by atoms with Crippen LogP contribution in [0.25, 0.3) is 0 Å². The molecule has 0 amide bonds. The first kappa shape index (κ1) is 17.5. The summed E-state index contributed by atoms with van der Waals surface area (Å²) in [5.74, 6) is 1.50. The van der Waals surface area contributed by atoms with Crippen LogP contribution in [0.1, 0.15) is 34.1 Å². The first-order chi connectivity index (χ1) is 4.04. The van der Waals surface area contributed by atoms with Gasteiger partial charge in [0.25, 0.3) is 0 Å². The quantitative estimate of drug-likeness (QED) is 0.540. The molecular weight excluding hydrogens is 181 g/mol. The Morgan fingerprint density at radius 2 is 1.73 bits per heavy atom. The van der Waals surface area contributed by atoms with Gasteiger partial charge in [0.15, 0.2) is 0 Å². The maximum absolute atomic E-state index is 3.25. The van der Waals surface area contributed by atoms with E-state index < -0.39 is 0 Å². The number of hydrogen-bond donors (Lipinski definition) is 1. The Morgan fingerprint density at radius 3 is 1.82 bits per heavy atom. The number of nitrogens with one attached hydrogen (secondary N) is 1. The van der Waals surface area contributed by atoms with Crippen LogP contribution in [0.3, 0.4) is 0 Å². The van der Waals surface area contributed by atoms with E-state index in [9.17, 15) is 0 Å². The zero-order chi connectivity index (χ0) is 7.49. The SMILES string of the molecule is CC[C-](C)C(C)(C)NC.O.[Mn]. The van der Waals surface area contributed by atoms with Crippen LogP contribution < -0.4 is 5.32 Å². The Balaban J connectivity index is -0.000000320. The fourth-order valence-electron chi connectivity index (χ4n) is 0.655. The molecule has 11 heavy (non-hydrogen) atoms. The predicted octanol–water partition coefficient (Wildman–Crippen LogP) is 1.16. The van der Waals surface area contributed by atoms with E-state index in [1.54, 1.807) is 0 Å². The van der Waals surface area contributed by atoms with Crippen LogP contribution in [-0.4, -0.2) is 18.1 Å². The summed E-state index contributed by atoms with van der Waals surface area (Å²) in [5.41, 5.74) is 0.217. The van der Waals surface area contributed by atoms with E-state index in [2.05, 4.69) is 33.0 Å². The summed E-state index contributed by atoms with van der Waals surface area (Å²) in [4.78, 5) is 0. The molecule has 0 saturated carbocycles. The average Bonchev–Trinajstić information content (AvgIpc) is 1.86. The number of rotatable bonds is 3. The van der Waals surface area contributed by atoms with Gasteiger partial charge < -0.3 is 10.8 Å². The van der Waals surface area contributed by atoms with Crippen LogP contribution in [0.5, 0.6) is 0 Å². The largest absolute Gasteiger partial charge is 0.412 e. The average molecular weight is 201 g/mol. The molecule has 0 aliphatic carbocycles. The first-order valence-corrected chi connectivity index (χ1v) is 3.56. The Bertz CT molecular complexity index is 86.2. The Morgan fingerprint density at radius 1 is 1.36 bits per heavy atom. The molecule has 0 aromatic carbocycles. The molecule has 71 valence electrons. The summed E-state index contributed by atoms with van der Waals surface area (Å²) >= 11 is 0. The van der Waals surface area contributed by atoms with E-state index >= 15 is 0 Å². The normalized spacial score (nSPS) is 10.4. The third-order valence-corrected chi connectivity index (χ3v) is 2.22. The smallest absolute Gasteiger partial charge is 0 e. The summed E-state index contributed by atoms with van der Waals surface area (Å²) < 4.78 is 0. The molecule has 0 unspecified atom stereocenters. The summed E-state index contributed by atoms with van der Waals surface area (Å²) in [5, 5.41) is 3.25. The fraction of sp³-hybridized carbons (Fsp3) is 0.875. The van der Waals surface area contributed by atoms with Crippen molar-refractivity contribution >= 4 is 0 Å².